The van der Waals surface area contributed by atoms with Gasteiger partial charge in [0, 0.05) is 12.1 Å². The maximum Gasteiger partial charge on any atom is 0.119 e. The Kier molecular flexibility index (Phi) is 4.26. The molecule has 0 radical (unpaired) electrons. The van der Waals surface area contributed by atoms with Gasteiger partial charge in [-0.2, -0.15) is 0 Å². The molecule has 0 heterocycles. The molecule has 2 aromatic rings. The second-order valence-corrected chi connectivity index (χ2v) is 5.94. The zero-order valence-corrected chi connectivity index (χ0v) is 12.8. The van der Waals surface area contributed by atoms with Gasteiger partial charge < -0.3 is 10.1 Å². The van der Waals surface area contributed by atoms with E-state index in [0.29, 0.717) is 18.0 Å². The minimum Gasteiger partial charge on any atom is -0.497 e. The Balaban J connectivity index is 1.54. The zero-order valence-electron chi connectivity index (χ0n) is 12.8. The SMILES string of the molecule is COc1cccc(C2CC(NC(C)c3ccccc3)C2)c1. The summed E-state index contributed by atoms with van der Waals surface area (Å²) in [7, 11) is 1.73. The molecule has 0 bridgehead atoms. The standard InChI is InChI=1S/C19H23NO/c1-14(15-7-4-3-5-8-15)20-18-11-17(12-18)16-9-6-10-19(13-16)21-2/h3-10,13-14,17-18,20H,11-12H2,1-2H3. The van der Waals surface area contributed by atoms with Gasteiger partial charge in [-0.3, -0.25) is 0 Å². The molecule has 0 aromatic heterocycles. The first-order chi connectivity index (χ1) is 10.3. The molecule has 1 aliphatic rings. The number of hydrogen-bond donors (Lipinski definition) is 1. The lowest BCUT2D eigenvalue weighted by Crippen LogP contribution is -2.41. The molecule has 0 amide bonds. The van der Waals surface area contributed by atoms with Crippen LogP contribution in [-0.4, -0.2) is 13.2 Å². The monoisotopic (exact) mass is 281 g/mol. The van der Waals surface area contributed by atoms with E-state index < -0.39 is 0 Å². The summed E-state index contributed by atoms with van der Waals surface area (Å²) in [5.74, 6) is 1.63. The third kappa shape index (κ3) is 3.27. The number of hydrogen-bond acceptors (Lipinski definition) is 2. The van der Waals surface area contributed by atoms with Crippen molar-refractivity contribution in [3.05, 3.63) is 65.7 Å². The normalized spacial score (nSPS) is 22.4. The summed E-state index contributed by atoms with van der Waals surface area (Å²) >= 11 is 0. The van der Waals surface area contributed by atoms with Crippen LogP contribution in [0.15, 0.2) is 54.6 Å². The Labute approximate surface area is 127 Å². The molecule has 3 rings (SSSR count). The summed E-state index contributed by atoms with van der Waals surface area (Å²) in [6.07, 6.45) is 2.43. The molecule has 2 aromatic carbocycles. The van der Waals surface area contributed by atoms with E-state index in [9.17, 15) is 0 Å². The van der Waals surface area contributed by atoms with Crippen LogP contribution in [0.4, 0.5) is 0 Å². The molecule has 0 aliphatic heterocycles. The number of nitrogens with one attached hydrogen (secondary N) is 1. The van der Waals surface area contributed by atoms with Crippen molar-refractivity contribution in [1.82, 2.24) is 5.32 Å². The van der Waals surface area contributed by atoms with Gasteiger partial charge in [0.15, 0.2) is 0 Å². The first kappa shape index (κ1) is 14.2. The lowest BCUT2D eigenvalue weighted by Gasteiger charge is -2.38. The summed E-state index contributed by atoms with van der Waals surface area (Å²) < 4.78 is 5.31. The second-order valence-electron chi connectivity index (χ2n) is 5.94. The molecule has 2 heteroatoms. The highest BCUT2D eigenvalue weighted by atomic mass is 16.5. The highest BCUT2D eigenvalue weighted by molar-refractivity contribution is 5.32. The Morgan fingerprint density at radius 3 is 2.52 bits per heavy atom. The average molecular weight is 281 g/mol. The molecule has 1 saturated carbocycles. The van der Waals surface area contributed by atoms with E-state index >= 15 is 0 Å². The van der Waals surface area contributed by atoms with Crippen molar-refractivity contribution < 1.29 is 4.74 Å². The van der Waals surface area contributed by atoms with Crippen LogP contribution in [0.1, 0.15) is 42.9 Å². The maximum atomic E-state index is 5.31. The molecule has 1 atom stereocenters. The Morgan fingerprint density at radius 2 is 1.81 bits per heavy atom. The lowest BCUT2D eigenvalue weighted by molar-refractivity contribution is 0.270. The minimum atomic E-state index is 0.419. The van der Waals surface area contributed by atoms with Gasteiger partial charge in [0.2, 0.25) is 0 Å². The molecule has 1 aliphatic carbocycles. The van der Waals surface area contributed by atoms with Crippen LogP contribution in [-0.2, 0) is 0 Å². The van der Waals surface area contributed by atoms with Gasteiger partial charge in [0.05, 0.1) is 7.11 Å². The van der Waals surface area contributed by atoms with Gasteiger partial charge in [0.1, 0.15) is 5.75 Å². The van der Waals surface area contributed by atoms with E-state index in [2.05, 4.69) is 60.8 Å². The number of benzene rings is 2. The fourth-order valence-corrected chi connectivity index (χ4v) is 3.11. The first-order valence-corrected chi connectivity index (χ1v) is 7.71. The van der Waals surface area contributed by atoms with Gasteiger partial charge >= 0.3 is 0 Å². The second kappa shape index (κ2) is 6.31. The van der Waals surface area contributed by atoms with Gasteiger partial charge in [-0.15, -0.1) is 0 Å². The largest absolute Gasteiger partial charge is 0.497 e. The molecule has 110 valence electrons. The van der Waals surface area contributed by atoms with Crippen molar-refractivity contribution in [2.45, 2.75) is 37.8 Å². The van der Waals surface area contributed by atoms with Crippen molar-refractivity contribution >= 4 is 0 Å². The maximum absolute atomic E-state index is 5.31. The molecule has 1 N–H and O–H groups in total. The minimum absolute atomic E-state index is 0.419. The van der Waals surface area contributed by atoms with Crippen LogP contribution in [0, 0.1) is 0 Å². The van der Waals surface area contributed by atoms with E-state index in [-0.39, 0.29) is 0 Å². The molecule has 1 unspecified atom stereocenters. The molecule has 0 spiro atoms. The third-order valence-electron chi connectivity index (χ3n) is 4.49. The van der Waals surface area contributed by atoms with E-state index in [0.717, 1.165) is 5.75 Å². The van der Waals surface area contributed by atoms with Crippen LogP contribution in [0.5, 0.6) is 5.75 Å². The quantitative estimate of drug-likeness (QED) is 0.882. The number of methoxy groups -OCH3 is 1. The van der Waals surface area contributed by atoms with E-state index in [1.807, 2.05) is 6.07 Å². The third-order valence-corrected chi connectivity index (χ3v) is 4.49. The molecule has 21 heavy (non-hydrogen) atoms. The first-order valence-electron chi connectivity index (χ1n) is 7.71. The molecular weight excluding hydrogens is 258 g/mol. The van der Waals surface area contributed by atoms with Gasteiger partial charge in [-0.25, -0.2) is 0 Å². The van der Waals surface area contributed by atoms with Crippen LogP contribution in [0.2, 0.25) is 0 Å². The van der Waals surface area contributed by atoms with Crippen molar-refractivity contribution in [2.75, 3.05) is 7.11 Å². The summed E-state index contributed by atoms with van der Waals surface area (Å²) in [6.45, 7) is 2.24. The van der Waals surface area contributed by atoms with E-state index in [4.69, 9.17) is 4.74 Å². The van der Waals surface area contributed by atoms with Crippen molar-refractivity contribution in [3.8, 4) is 5.75 Å². The Hall–Kier alpha value is -1.80. The highest BCUT2D eigenvalue weighted by Gasteiger charge is 2.31. The predicted octanol–water partition coefficient (Wildman–Crippen LogP) is 4.29. The fraction of sp³-hybridized carbons (Fsp3) is 0.368. The molecule has 1 fully saturated rings. The van der Waals surface area contributed by atoms with Gasteiger partial charge in [-0.1, -0.05) is 42.5 Å². The molecule has 0 saturated heterocycles. The van der Waals surface area contributed by atoms with Crippen molar-refractivity contribution in [2.24, 2.45) is 0 Å². The van der Waals surface area contributed by atoms with Gasteiger partial charge in [0.25, 0.3) is 0 Å². The van der Waals surface area contributed by atoms with Crippen LogP contribution in [0.25, 0.3) is 0 Å². The van der Waals surface area contributed by atoms with Gasteiger partial charge in [-0.05, 0) is 48.9 Å². The van der Waals surface area contributed by atoms with Crippen molar-refractivity contribution in [1.29, 1.82) is 0 Å². The topological polar surface area (TPSA) is 21.3 Å². The van der Waals surface area contributed by atoms with Crippen LogP contribution in [0.3, 0.4) is 0 Å². The van der Waals surface area contributed by atoms with E-state index in [1.165, 1.54) is 24.0 Å². The highest BCUT2D eigenvalue weighted by Crippen LogP contribution is 2.38. The Bertz CT molecular complexity index is 575. The smallest absolute Gasteiger partial charge is 0.119 e. The Morgan fingerprint density at radius 1 is 1.05 bits per heavy atom. The summed E-state index contributed by atoms with van der Waals surface area (Å²) in [6, 6.07) is 20.2. The van der Waals surface area contributed by atoms with Crippen LogP contribution < -0.4 is 10.1 Å². The molecule has 2 nitrogen and oxygen atoms in total. The number of rotatable bonds is 5. The van der Waals surface area contributed by atoms with E-state index in [1.54, 1.807) is 7.11 Å². The fourth-order valence-electron chi connectivity index (χ4n) is 3.11. The zero-order chi connectivity index (χ0) is 14.7. The van der Waals surface area contributed by atoms with Crippen molar-refractivity contribution in [3.63, 3.8) is 0 Å². The summed E-state index contributed by atoms with van der Waals surface area (Å²) in [5, 5.41) is 3.73. The molecular formula is C19H23NO. The lowest BCUT2D eigenvalue weighted by atomic mass is 9.75. The van der Waals surface area contributed by atoms with Crippen LogP contribution >= 0.6 is 0 Å². The average Bonchev–Trinajstić information content (AvgIpc) is 2.51. The summed E-state index contributed by atoms with van der Waals surface area (Å²) in [4.78, 5) is 0. The number of ether oxygens (including phenoxy) is 1. The predicted molar refractivity (Wildman–Crippen MR) is 86.7 cm³/mol. The summed E-state index contributed by atoms with van der Waals surface area (Å²) in [5.41, 5.74) is 2.77.